The zero-order valence-corrected chi connectivity index (χ0v) is 15.7. The molecule has 0 atom stereocenters. The number of nitrogens with zero attached hydrogens (tertiary/aromatic N) is 3. The van der Waals surface area contributed by atoms with Crippen LogP contribution >= 0.6 is 0 Å². The van der Waals surface area contributed by atoms with Gasteiger partial charge in [-0.2, -0.15) is 0 Å². The first-order chi connectivity index (χ1) is 13.0. The highest BCUT2D eigenvalue weighted by Gasteiger charge is 2.19. The van der Waals surface area contributed by atoms with E-state index < -0.39 is 11.8 Å². The van der Waals surface area contributed by atoms with Crippen molar-refractivity contribution in [3.8, 4) is 0 Å². The Kier molecular flexibility index (Phi) is 6.03. The number of carbonyl (C=O) groups is 2. The Labute approximate surface area is 159 Å². The van der Waals surface area contributed by atoms with Gasteiger partial charge in [-0.3, -0.25) is 9.59 Å². The summed E-state index contributed by atoms with van der Waals surface area (Å²) in [6.07, 6.45) is 1.75. The van der Waals surface area contributed by atoms with Gasteiger partial charge in [-0.1, -0.05) is 23.8 Å². The average molecular weight is 367 g/mol. The molecule has 7 heteroatoms. The van der Waals surface area contributed by atoms with Gasteiger partial charge in [-0.15, -0.1) is 0 Å². The molecule has 2 amide bonds. The van der Waals surface area contributed by atoms with Gasteiger partial charge in [0.25, 0.3) is 0 Å². The van der Waals surface area contributed by atoms with Gasteiger partial charge in [0.05, 0.1) is 0 Å². The van der Waals surface area contributed by atoms with Crippen molar-refractivity contribution < 1.29 is 9.59 Å². The highest BCUT2D eigenvalue weighted by molar-refractivity contribution is 6.39. The molecule has 27 heavy (non-hydrogen) atoms. The fraction of sp³-hybridized carbons (Fsp3) is 0.350. The summed E-state index contributed by atoms with van der Waals surface area (Å²) >= 11 is 0. The maximum absolute atomic E-state index is 12.2. The lowest BCUT2D eigenvalue weighted by Gasteiger charge is -2.34. The summed E-state index contributed by atoms with van der Waals surface area (Å²) in [4.78, 5) is 33.2. The molecule has 1 aromatic heterocycles. The lowest BCUT2D eigenvalue weighted by atomic mass is 10.2. The molecule has 0 spiro atoms. The Balaban J connectivity index is 1.58. The van der Waals surface area contributed by atoms with Crippen molar-refractivity contribution in [2.24, 2.45) is 0 Å². The van der Waals surface area contributed by atoms with Crippen LogP contribution in [-0.2, 0) is 16.1 Å². The van der Waals surface area contributed by atoms with Crippen molar-refractivity contribution in [1.82, 2.24) is 15.2 Å². The number of rotatable bonds is 4. The van der Waals surface area contributed by atoms with Crippen molar-refractivity contribution >= 4 is 23.3 Å². The van der Waals surface area contributed by atoms with E-state index in [1.54, 1.807) is 18.3 Å². The minimum atomic E-state index is -0.677. The van der Waals surface area contributed by atoms with Crippen molar-refractivity contribution in [2.45, 2.75) is 13.5 Å². The minimum Gasteiger partial charge on any atom is -0.354 e. The zero-order chi connectivity index (χ0) is 19.2. The number of benzene rings is 1. The van der Waals surface area contributed by atoms with E-state index in [4.69, 9.17) is 0 Å². The minimum absolute atomic E-state index is 0.260. The lowest BCUT2D eigenvalue weighted by Crippen LogP contribution is -2.45. The molecule has 1 aromatic carbocycles. The first-order valence-electron chi connectivity index (χ1n) is 9.06. The summed E-state index contributed by atoms with van der Waals surface area (Å²) < 4.78 is 0. The van der Waals surface area contributed by atoms with E-state index in [9.17, 15) is 9.59 Å². The Morgan fingerprint density at radius 3 is 2.44 bits per heavy atom. The topological polar surface area (TPSA) is 77.6 Å². The normalized spacial score (nSPS) is 14.7. The molecule has 3 rings (SSSR count). The second-order valence-electron chi connectivity index (χ2n) is 6.78. The number of hydrogen-bond donors (Lipinski definition) is 2. The zero-order valence-electron chi connectivity index (χ0n) is 15.7. The van der Waals surface area contributed by atoms with Gasteiger partial charge in [0, 0.05) is 50.2 Å². The third-order valence-electron chi connectivity index (χ3n) is 4.63. The van der Waals surface area contributed by atoms with Crippen molar-refractivity contribution in [3.63, 3.8) is 0 Å². The van der Waals surface area contributed by atoms with Crippen LogP contribution in [-0.4, -0.2) is 54.9 Å². The highest BCUT2D eigenvalue weighted by Crippen LogP contribution is 2.18. The number of aryl methyl sites for hydroxylation is 1. The molecule has 0 bridgehead atoms. The molecule has 1 fully saturated rings. The quantitative estimate of drug-likeness (QED) is 0.799. The summed E-state index contributed by atoms with van der Waals surface area (Å²) in [5.41, 5.74) is 2.59. The van der Waals surface area contributed by atoms with E-state index in [2.05, 4.69) is 32.5 Å². The summed E-state index contributed by atoms with van der Waals surface area (Å²) in [6, 6.07) is 11.1. The number of anilines is 2. The van der Waals surface area contributed by atoms with E-state index in [1.807, 2.05) is 31.2 Å². The molecular weight excluding hydrogens is 342 g/mol. The van der Waals surface area contributed by atoms with Crippen LogP contribution in [0.1, 0.15) is 11.1 Å². The number of pyridine rings is 1. The Bertz CT molecular complexity index is 798. The number of amides is 2. The van der Waals surface area contributed by atoms with Crippen LogP contribution in [0.3, 0.4) is 0 Å². The average Bonchev–Trinajstić information content (AvgIpc) is 2.68. The predicted octanol–water partition coefficient (Wildman–Crippen LogP) is 1.40. The van der Waals surface area contributed by atoms with Gasteiger partial charge in [-0.05, 0) is 32.2 Å². The van der Waals surface area contributed by atoms with Crippen LogP contribution in [0.25, 0.3) is 0 Å². The molecule has 7 nitrogen and oxygen atoms in total. The maximum Gasteiger partial charge on any atom is 0.313 e. The van der Waals surface area contributed by atoms with Crippen LogP contribution in [0.4, 0.5) is 11.5 Å². The highest BCUT2D eigenvalue weighted by atomic mass is 16.2. The van der Waals surface area contributed by atoms with E-state index in [1.165, 1.54) is 0 Å². The molecule has 2 heterocycles. The monoisotopic (exact) mass is 367 g/mol. The third kappa shape index (κ3) is 5.04. The Morgan fingerprint density at radius 2 is 1.74 bits per heavy atom. The fourth-order valence-corrected chi connectivity index (χ4v) is 2.95. The fourth-order valence-electron chi connectivity index (χ4n) is 2.95. The van der Waals surface area contributed by atoms with Crippen LogP contribution < -0.4 is 15.5 Å². The van der Waals surface area contributed by atoms with Gasteiger partial charge in [0.2, 0.25) is 0 Å². The van der Waals surface area contributed by atoms with Crippen molar-refractivity contribution in [1.29, 1.82) is 0 Å². The van der Waals surface area contributed by atoms with Gasteiger partial charge in [0.1, 0.15) is 5.82 Å². The van der Waals surface area contributed by atoms with Gasteiger partial charge in [-0.25, -0.2) is 4.98 Å². The molecular formula is C20H25N5O2. The summed E-state index contributed by atoms with van der Waals surface area (Å²) in [5, 5.41) is 5.30. The molecule has 2 N–H and O–H groups in total. The number of carbonyl (C=O) groups excluding carboxylic acids is 2. The van der Waals surface area contributed by atoms with Gasteiger partial charge in [0.15, 0.2) is 0 Å². The van der Waals surface area contributed by atoms with Gasteiger partial charge < -0.3 is 20.4 Å². The number of aromatic nitrogens is 1. The second-order valence-corrected chi connectivity index (χ2v) is 6.78. The van der Waals surface area contributed by atoms with Crippen LogP contribution in [0.5, 0.6) is 0 Å². The molecule has 2 aromatic rings. The van der Waals surface area contributed by atoms with Gasteiger partial charge >= 0.3 is 11.8 Å². The smallest absolute Gasteiger partial charge is 0.313 e. The number of likely N-dealkylation sites (N-methyl/N-ethyl adjacent to an activating group) is 1. The molecule has 1 saturated heterocycles. The Hall–Kier alpha value is -2.93. The van der Waals surface area contributed by atoms with E-state index >= 15 is 0 Å². The Morgan fingerprint density at radius 1 is 1.04 bits per heavy atom. The molecule has 1 aliphatic rings. The van der Waals surface area contributed by atoms with Crippen LogP contribution in [0, 0.1) is 6.92 Å². The molecule has 142 valence electrons. The van der Waals surface area contributed by atoms with E-state index in [0.717, 1.165) is 43.1 Å². The molecule has 0 radical (unpaired) electrons. The lowest BCUT2D eigenvalue weighted by molar-refractivity contribution is -0.136. The van der Waals surface area contributed by atoms with E-state index in [-0.39, 0.29) is 6.54 Å². The number of piperazine rings is 1. The first-order valence-corrected chi connectivity index (χ1v) is 9.06. The molecule has 1 aliphatic heterocycles. The third-order valence-corrected chi connectivity index (χ3v) is 4.63. The molecule has 0 saturated carbocycles. The first kappa shape index (κ1) is 18.8. The maximum atomic E-state index is 12.2. The number of hydrogen-bond acceptors (Lipinski definition) is 5. The summed E-state index contributed by atoms with van der Waals surface area (Å²) in [7, 11) is 2.10. The van der Waals surface area contributed by atoms with Crippen molar-refractivity contribution in [2.75, 3.05) is 43.4 Å². The molecule has 0 aliphatic carbocycles. The van der Waals surface area contributed by atoms with Crippen LogP contribution in [0.2, 0.25) is 0 Å². The van der Waals surface area contributed by atoms with E-state index in [0.29, 0.717) is 5.69 Å². The largest absolute Gasteiger partial charge is 0.354 e. The van der Waals surface area contributed by atoms with Crippen molar-refractivity contribution in [3.05, 3.63) is 53.7 Å². The second kappa shape index (κ2) is 8.64. The summed E-state index contributed by atoms with van der Waals surface area (Å²) in [5.74, 6) is -0.475. The SMILES string of the molecule is Cc1ccc(NC(=O)C(=O)NCc2cccnc2N2CCN(C)CC2)cc1. The van der Waals surface area contributed by atoms with Crippen LogP contribution in [0.15, 0.2) is 42.6 Å². The standard InChI is InChI=1S/C20H25N5O2/c1-15-5-7-17(8-6-15)23-20(27)19(26)22-14-16-4-3-9-21-18(16)25-12-10-24(2)11-13-25/h3-9H,10-14H2,1-2H3,(H,22,26)(H,23,27). The predicted molar refractivity (Wildman–Crippen MR) is 106 cm³/mol. The number of nitrogens with one attached hydrogen (secondary N) is 2. The summed E-state index contributed by atoms with van der Waals surface area (Å²) in [6.45, 7) is 5.95. The molecule has 0 unspecified atom stereocenters.